The maximum Gasteiger partial charge on any atom is 0.374 e. The van der Waals surface area contributed by atoms with E-state index in [0.29, 0.717) is 0 Å². The number of aliphatic carboxylic acids is 1. The van der Waals surface area contributed by atoms with E-state index in [4.69, 9.17) is 16.7 Å². The van der Waals surface area contributed by atoms with Crippen LogP contribution in [0.3, 0.4) is 0 Å². The summed E-state index contributed by atoms with van der Waals surface area (Å²) < 4.78 is 25.3. The first-order chi connectivity index (χ1) is 5.93. The molecule has 0 aliphatic carbocycles. The van der Waals surface area contributed by atoms with Crippen LogP contribution in [0, 0.1) is 0 Å². The summed E-state index contributed by atoms with van der Waals surface area (Å²) in [6.45, 7) is 0. The molecule has 0 aliphatic rings. The van der Waals surface area contributed by atoms with Gasteiger partial charge < -0.3 is 5.11 Å². The average Bonchev–Trinajstić information content (AvgIpc) is 2.35. The molecule has 1 N–H and O–H groups in total. The zero-order valence-electron chi connectivity index (χ0n) is 6.26. The van der Waals surface area contributed by atoms with E-state index in [1.165, 1.54) is 10.8 Å². The van der Waals surface area contributed by atoms with Gasteiger partial charge in [0.15, 0.2) is 0 Å². The molecule has 0 spiro atoms. The predicted octanol–water partition coefficient (Wildman–Crippen LogP) is 2.66. The van der Waals surface area contributed by atoms with Gasteiger partial charge in [0.05, 0.1) is 11.4 Å². The summed E-state index contributed by atoms with van der Waals surface area (Å²) in [7, 11) is 0. The summed E-state index contributed by atoms with van der Waals surface area (Å²) in [6, 6.07) is 0. The maximum absolute atomic E-state index is 12.6. The molecule has 0 atom stereocenters. The van der Waals surface area contributed by atoms with E-state index in [-0.39, 0.29) is 10.6 Å². The highest BCUT2D eigenvalue weighted by Gasteiger charge is 2.39. The molecule has 0 amide bonds. The SMILES string of the molecule is O=C(O)C(F)(F)Cc1cscc1Cl. The third kappa shape index (κ3) is 2.38. The molecule has 1 aromatic rings. The second-order valence-corrected chi connectivity index (χ2v) is 3.58. The van der Waals surface area contributed by atoms with E-state index >= 15 is 0 Å². The van der Waals surface area contributed by atoms with Gasteiger partial charge in [-0.1, -0.05) is 11.6 Å². The lowest BCUT2D eigenvalue weighted by molar-refractivity contribution is -0.164. The quantitative estimate of drug-likeness (QED) is 0.860. The minimum atomic E-state index is -3.75. The van der Waals surface area contributed by atoms with Crippen molar-refractivity contribution in [1.29, 1.82) is 0 Å². The van der Waals surface area contributed by atoms with Crippen molar-refractivity contribution >= 4 is 28.9 Å². The molecule has 0 saturated heterocycles. The largest absolute Gasteiger partial charge is 0.477 e. The third-order valence-corrected chi connectivity index (χ3v) is 2.69. The van der Waals surface area contributed by atoms with E-state index in [1.807, 2.05) is 0 Å². The number of thiophene rings is 1. The van der Waals surface area contributed by atoms with Crippen LogP contribution in [0.5, 0.6) is 0 Å². The number of carboxylic acid groups (broad SMARTS) is 1. The van der Waals surface area contributed by atoms with Gasteiger partial charge in [0.25, 0.3) is 0 Å². The van der Waals surface area contributed by atoms with Gasteiger partial charge in [-0.2, -0.15) is 20.1 Å². The van der Waals surface area contributed by atoms with Gasteiger partial charge in [0.2, 0.25) is 0 Å². The molecule has 1 rings (SSSR count). The topological polar surface area (TPSA) is 37.3 Å². The Morgan fingerprint density at radius 2 is 2.23 bits per heavy atom. The number of carboxylic acids is 1. The molecule has 0 bridgehead atoms. The van der Waals surface area contributed by atoms with Crippen molar-refractivity contribution in [2.75, 3.05) is 0 Å². The van der Waals surface area contributed by atoms with Gasteiger partial charge in [-0.05, 0) is 10.9 Å². The second kappa shape index (κ2) is 3.59. The monoisotopic (exact) mass is 226 g/mol. The van der Waals surface area contributed by atoms with E-state index in [1.54, 1.807) is 0 Å². The first-order valence-corrected chi connectivity index (χ1v) is 4.57. The minimum Gasteiger partial charge on any atom is -0.477 e. The van der Waals surface area contributed by atoms with Crippen molar-refractivity contribution in [2.45, 2.75) is 12.3 Å². The van der Waals surface area contributed by atoms with E-state index in [9.17, 15) is 13.6 Å². The Labute approximate surface area is 81.8 Å². The number of halogens is 3. The van der Waals surface area contributed by atoms with Gasteiger partial charge in [-0.25, -0.2) is 4.79 Å². The molecule has 0 aliphatic heterocycles. The summed E-state index contributed by atoms with van der Waals surface area (Å²) in [5.41, 5.74) is 0.166. The van der Waals surface area contributed by atoms with Crippen LogP contribution in [-0.4, -0.2) is 17.0 Å². The number of alkyl halides is 2. The molecule has 1 aromatic heterocycles. The molecule has 2 nitrogen and oxygen atoms in total. The lowest BCUT2D eigenvalue weighted by atomic mass is 10.1. The lowest BCUT2D eigenvalue weighted by Crippen LogP contribution is -2.30. The van der Waals surface area contributed by atoms with Gasteiger partial charge in [-0.3, -0.25) is 0 Å². The van der Waals surface area contributed by atoms with Crippen molar-refractivity contribution < 1.29 is 18.7 Å². The molecule has 0 saturated carbocycles. The number of hydrogen-bond acceptors (Lipinski definition) is 2. The van der Waals surface area contributed by atoms with Crippen LogP contribution in [0.1, 0.15) is 5.56 Å². The molecule has 0 radical (unpaired) electrons. The van der Waals surface area contributed by atoms with Crippen LogP contribution >= 0.6 is 22.9 Å². The van der Waals surface area contributed by atoms with Crippen LogP contribution in [0.15, 0.2) is 10.8 Å². The Morgan fingerprint density at radius 1 is 1.62 bits per heavy atom. The standard InChI is InChI=1S/C7H5ClF2O2S/c8-5-3-13-2-4(5)1-7(9,10)6(11)12/h2-3H,1H2,(H,11,12). The Hall–Kier alpha value is -0.680. The molecule has 13 heavy (non-hydrogen) atoms. The van der Waals surface area contributed by atoms with Crippen LogP contribution in [0.2, 0.25) is 5.02 Å². The smallest absolute Gasteiger partial charge is 0.374 e. The van der Waals surface area contributed by atoms with Crippen molar-refractivity contribution in [3.63, 3.8) is 0 Å². The molecular weight excluding hydrogens is 222 g/mol. The highest BCUT2D eigenvalue weighted by atomic mass is 35.5. The Balaban J connectivity index is 2.80. The lowest BCUT2D eigenvalue weighted by Gasteiger charge is -2.09. The summed E-state index contributed by atoms with van der Waals surface area (Å²) in [5.74, 6) is -5.88. The normalized spacial score (nSPS) is 11.6. The van der Waals surface area contributed by atoms with Gasteiger partial charge in [0, 0.05) is 5.38 Å². The number of rotatable bonds is 3. The predicted molar refractivity (Wildman–Crippen MR) is 45.6 cm³/mol. The van der Waals surface area contributed by atoms with Crippen molar-refractivity contribution in [1.82, 2.24) is 0 Å². The molecule has 6 heteroatoms. The minimum absolute atomic E-state index is 0.166. The van der Waals surface area contributed by atoms with E-state index in [2.05, 4.69) is 0 Å². The summed E-state index contributed by atoms with van der Waals surface area (Å²) in [5, 5.41) is 11.2. The van der Waals surface area contributed by atoms with Crippen LogP contribution in [-0.2, 0) is 11.2 Å². The first-order valence-electron chi connectivity index (χ1n) is 3.25. The Kier molecular flexibility index (Phi) is 2.87. The fourth-order valence-electron chi connectivity index (χ4n) is 0.749. The van der Waals surface area contributed by atoms with Crippen molar-refractivity contribution in [2.24, 2.45) is 0 Å². The Bertz CT molecular complexity index is 324. The number of carbonyl (C=O) groups is 1. The van der Waals surface area contributed by atoms with Crippen LogP contribution in [0.4, 0.5) is 8.78 Å². The molecule has 0 unspecified atom stereocenters. The average molecular weight is 227 g/mol. The summed E-state index contributed by atoms with van der Waals surface area (Å²) in [6.07, 6.45) is -0.856. The van der Waals surface area contributed by atoms with Crippen LogP contribution in [0.25, 0.3) is 0 Å². The first kappa shape index (κ1) is 10.4. The molecule has 0 aromatic carbocycles. The van der Waals surface area contributed by atoms with Gasteiger partial charge in [-0.15, -0.1) is 0 Å². The zero-order valence-corrected chi connectivity index (χ0v) is 7.83. The van der Waals surface area contributed by atoms with Gasteiger partial charge >= 0.3 is 11.9 Å². The highest BCUT2D eigenvalue weighted by molar-refractivity contribution is 7.08. The number of hydrogen-bond donors (Lipinski definition) is 1. The molecule has 1 heterocycles. The molecule has 72 valence electrons. The fourth-order valence-corrected chi connectivity index (χ4v) is 1.80. The van der Waals surface area contributed by atoms with Gasteiger partial charge in [0.1, 0.15) is 0 Å². The van der Waals surface area contributed by atoms with E-state index in [0.717, 1.165) is 11.3 Å². The molecular formula is C7H5ClF2O2S. The third-order valence-electron chi connectivity index (χ3n) is 1.41. The summed E-state index contributed by atoms with van der Waals surface area (Å²) >= 11 is 6.70. The van der Waals surface area contributed by atoms with Crippen LogP contribution < -0.4 is 0 Å². The highest BCUT2D eigenvalue weighted by Crippen LogP contribution is 2.27. The van der Waals surface area contributed by atoms with E-state index < -0.39 is 18.3 Å². The second-order valence-electron chi connectivity index (χ2n) is 2.43. The van der Waals surface area contributed by atoms with Crippen molar-refractivity contribution in [3.05, 3.63) is 21.3 Å². The zero-order chi connectivity index (χ0) is 10.1. The summed E-state index contributed by atoms with van der Waals surface area (Å²) in [4.78, 5) is 10.1. The Morgan fingerprint density at radius 3 is 2.62 bits per heavy atom. The molecule has 0 fully saturated rings. The maximum atomic E-state index is 12.6. The van der Waals surface area contributed by atoms with Crippen molar-refractivity contribution in [3.8, 4) is 0 Å². The fraction of sp³-hybridized carbons (Fsp3) is 0.286.